The first-order chi connectivity index (χ1) is 16.0. The molecule has 4 aromatic rings. The summed E-state index contributed by atoms with van der Waals surface area (Å²) in [5, 5.41) is 9.68. The van der Waals surface area contributed by atoms with E-state index in [-0.39, 0.29) is 17.8 Å². The fourth-order valence-corrected chi connectivity index (χ4v) is 4.48. The summed E-state index contributed by atoms with van der Waals surface area (Å²) < 4.78 is 19.9. The summed E-state index contributed by atoms with van der Waals surface area (Å²) in [6.07, 6.45) is 4.50. The van der Waals surface area contributed by atoms with Crippen molar-refractivity contribution in [3.8, 4) is 16.3 Å². The molecule has 8 nitrogen and oxygen atoms in total. The highest BCUT2D eigenvalue weighted by Crippen LogP contribution is 2.36. The van der Waals surface area contributed by atoms with Crippen LogP contribution in [-0.2, 0) is 4.79 Å². The lowest BCUT2D eigenvalue weighted by atomic mass is 10.0. The third-order valence-corrected chi connectivity index (χ3v) is 6.22. The Morgan fingerprint density at radius 2 is 2.18 bits per heavy atom. The van der Waals surface area contributed by atoms with Crippen LogP contribution >= 0.6 is 11.3 Å². The van der Waals surface area contributed by atoms with Gasteiger partial charge >= 0.3 is 0 Å². The predicted molar refractivity (Wildman–Crippen MR) is 125 cm³/mol. The highest BCUT2D eigenvalue weighted by atomic mass is 32.1. The number of amides is 1. The second-order valence-corrected chi connectivity index (χ2v) is 8.64. The van der Waals surface area contributed by atoms with Gasteiger partial charge in [0.1, 0.15) is 22.7 Å². The Bertz CT molecular complexity index is 1300. The quantitative estimate of drug-likeness (QED) is 0.399. The Hall–Kier alpha value is -3.63. The molecule has 0 saturated carbocycles. The number of ether oxygens (including phenoxy) is 1. The van der Waals surface area contributed by atoms with Crippen LogP contribution in [0.25, 0.3) is 21.5 Å². The van der Waals surface area contributed by atoms with Gasteiger partial charge in [0.25, 0.3) is 0 Å². The largest absolute Gasteiger partial charge is 0.489 e. The Balaban J connectivity index is 1.49. The van der Waals surface area contributed by atoms with Gasteiger partial charge in [0.05, 0.1) is 17.1 Å². The fourth-order valence-electron chi connectivity index (χ4n) is 3.82. The van der Waals surface area contributed by atoms with Crippen LogP contribution in [0.3, 0.4) is 0 Å². The maximum atomic E-state index is 13.5. The number of aromatic nitrogens is 3. The van der Waals surface area contributed by atoms with Crippen molar-refractivity contribution >= 4 is 39.8 Å². The summed E-state index contributed by atoms with van der Waals surface area (Å²) in [5.41, 5.74) is 7.53. The molecule has 1 saturated heterocycles. The molecule has 0 radical (unpaired) electrons. The van der Waals surface area contributed by atoms with Crippen LogP contribution in [0, 0.1) is 5.82 Å². The van der Waals surface area contributed by atoms with Crippen molar-refractivity contribution < 1.29 is 13.9 Å². The van der Waals surface area contributed by atoms with Gasteiger partial charge in [-0.3, -0.25) is 4.79 Å². The maximum absolute atomic E-state index is 13.5. The lowest BCUT2D eigenvalue weighted by Crippen LogP contribution is -2.49. The number of anilines is 2. The number of benzene rings is 2. The number of carbonyl (C=O) groups excluding carboxylic acids is 1. The average Bonchev–Trinajstić information content (AvgIpc) is 3.34. The predicted octanol–water partition coefficient (Wildman–Crippen LogP) is 3.62. The molecule has 1 aliphatic rings. The minimum absolute atomic E-state index is 0.174. The normalized spacial score (nSPS) is 18.2. The number of piperidine rings is 1. The summed E-state index contributed by atoms with van der Waals surface area (Å²) in [7, 11) is 0. The SMILES string of the molecule is NC(=O)[C@H]1C[C@@H](Oc2cc3nc(Nc4cccc(F)c4)ncc3cc2-c2nccs2)CCN1. The van der Waals surface area contributed by atoms with E-state index in [2.05, 4.69) is 25.6 Å². The van der Waals surface area contributed by atoms with Crippen molar-refractivity contribution in [2.75, 3.05) is 11.9 Å². The summed E-state index contributed by atoms with van der Waals surface area (Å²) in [5.74, 6) is 0.239. The van der Waals surface area contributed by atoms with Crippen LogP contribution in [0.1, 0.15) is 12.8 Å². The zero-order chi connectivity index (χ0) is 22.8. The summed E-state index contributed by atoms with van der Waals surface area (Å²) in [4.78, 5) is 25.0. The monoisotopic (exact) mass is 464 g/mol. The highest BCUT2D eigenvalue weighted by Gasteiger charge is 2.27. The second kappa shape index (κ2) is 9.08. The first-order valence-corrected chi connectivity index (χ1v) is 11.4. The molecule has 10 heteroatoms. The summed E-state index contributed by atoms with van der Waals surface area (Å²) in [6.45, 7) is 0.641. The van der Waals surface area contributed by atoms with E-state index in [0.29, 0.717) is 35.9 Å². The van der Waals surface area contributed by atoms with Crippen LogP contribution in [0.2, 0.25) is 0 Å². The zero-order valence-electron chi connectivity index (χ0n) is 17.5. The topological polar surface area (TPSA) is 115 Å². The third kappa shape index (κ3) is 4.76. The minimum Gasteiger partial charge on any atom is -0.489 e. The molecule has 4 N–H and O–H groups in total. The summed E-state index contributed by atoms with van der Waals surface area (Å²) in [6, 6.07) is 9.48. The van der Waals surface area contributed by atoms with Crippen LogP contribution in [-0.4, -0.2) is 39.5 Å². The van der Waals surface area contributed by atoms with Gasteiger partial charge < -0.3 is 21.1 Å². The van der Waals surface area contributed by atoms with Gasteiger partial charge in [-0.05, 0) is 37.2 Å². The van der Waals surface area contributed by atoms with E-state index in [4.69, 9.17) is 10.5 Å². The molecule has 0 aliphatic carbocycles. The number of nitrogens with zero attached hydrogens (tertiary/aromatic N) is 3. The van der Waals surface area contributed by atoms with Gasteiger partial charge in [-0.2, -0.15) is 0 Å². The first kappa shape index (κ1) is 21.2. The molecule has 168 valence electrons. The van der Waals surface area contributed by atoms with Gasteiger partial charge in [-0.25, -0.2) is 19.3 Å². The molecule has 2 atom stereocenters. The number of nitrogens with two attached hydrogens (primary N) is 1. The maximum Gasteiger partial charge on any atom is 0.234 e. The number of rotatable bonds is 6. The minimum atomic E-state index is -0.420. The molecule has 1 amide bonds. The Kier molecular flexibility index (Phi) is 5.84. The zero-order valence-corrected chi connectivity index (χ0v) is 18.3. The molecule has 0 spiro atoms. The van der Waals surface area contributed by atoms with E-state index >= 15 is 0 Å². The molecule has 0 bridgehead atoms. The van der Waals surface area contributed by atoms with E-state index in [9.17, 15) is 9.18 Å². The van der Waals surface area contributed by atoms with E-state index < -0.39 is 6.04 Å². The summed E-state index contributed by atoms with van der Waals surface area (Å²) >= 11 is 1.51. The number of hydrogen-bond acceptors (Lipinski definition) is 8. The standard InChI is InChI=1S/C23H21FN6O2S/c24-14-2-1-3-15(9-14)29-23-28-12-13-8-17(22-27-6-7-33-22)20(11-18(13)30-23)32-16-4-5-26-19(10-16)21(25)31/h1-3,6-9,11-12,16,19,26H,4-5,10H2,(H2,25,31)(H,28,29,30)/t16-,19+/m0/s1. The number of thiazole rings is 1. The highest BCUT2D eigenvalue weighted by molar-refractivity contribution is 7.13. The molecule has 1 fully saturated rings. The van der Waals surface area contributed by atoms with Crippen LogP contribution in [0.4, 0.5) is 16.0 Å². The van der Waals surface area contributed by atoms with Gasteiger partial charge in [0.15, 0.2) is 0 Å². The third-order valence-electron chi connectivity index (χ3n) is 5.42. The number of hydrogen-bond donors (Lipinski definition) is 3. The van der Waals surface area contributed by atoms with Gasteiger partial charge in [-0.1, -0.05) is 6.07 Å². The molecule has 5 rings (SSSR count). The van der Waals surface area contributed by atoms with Crippen molar-refractivity contribution in [2.45, 2.75) is 25.0 Å². The van der Waals surface area contributed by atoms with Crippen molar-refractivity contribution in [1.82, 2.24) is 20.3 Å². The lowest BCUT2D eigenvalue weighted by molar-refractivity contribution is -0.121. The van der Waals surface area contributed by atoms with Gasteiger partial charge in [0, 0.05) is 41.3 Å². The van der Waals surface area contributed by atoms with Crippen molar-refractivity contribution in [1.29, 1.82) is 0 Å². The van der Waals surface area contributed by atoms with E-state index in [1.165, 1.54) is 23.5 Å². The van der Waals surface area contributed by atoms with E-state index in [1.807, 2.05) is 17.5 Å². The molecular weight excluding hydrogens is 443 g/mol. The molecule has 1 aliphatic heterocycles. The van der Waals surface area contributed by atoms with E-state index in [1.54, 1.807) is 24.5 Å². The molecule has 2 aromatic carbocycles. The van der Waals surface area contributed by atoms with Crippen LogP contribution in [0.15, 0.2) is 54.2 Å². The van der Waals surface area contributed by atoms with Crippen LogP contribution in [0.5, 0.6) is 5.75 Å². The number of primary amides is 1. The van der Waals surface area contributed by atoms with Crippen molar-refractivity contribution in [2.24, 2.45) is 5.73 Å². The molecule has 0 unspecified atom stereocenters. The average molecular weight is 465 g/mol. The van der Waals surface area contributed by atoms with E-state index in [0.717, 1.165) is 22.4 Å². The Morgan fingerprint density at radius 3 is 2.97 bits per heavy atom. The molecule has 3 heterocycles. The van der Waals surface area contributed by atoms with Gasteiger partial charge in [0.2, 0.25) is 11.9 Å². The smallest absolute Gasteiger partial charge is 0.234 e. The fraction of sp³-hybridized carbons (Fsp3) is 0.217. The van der Waals surface area contributed by atoms with Crippen molar-refractivity contribution in [3.63, 3.8) is 0 Å². The number of halogens is 1. The number of carbonyl (C=O) groups is 1. The Labute approximate surface area is 193 Å². The number of fused-ring (bicyclic) bond motifs is 1. The molecule has 33 heavy (non-hydrogen) atoms. The second-order valence-electron chi connectivity index (χ2n) is 7.75. The first-order valence-electron chi connectivity index (χ1n) is 10.5. The number of nitrogens with one attached hydrogen (secondary N) is 2. The Morgan fingerprint density at radius 1 is 1.27 bits per heavy atom. The lowest BCUT2D eigenvalue weighted by Gasteiger charge is -2.29. The molecule has 2 aromatic heterocycles. The molecular formula is C23H21FN6O2S. The van der Waals surface area contributed by atoms with Crippen LogP contribution < -0.4 is 21.1 Å². The van der Waals surface area contributed by atoms with Gasteiger partial charge in [-0.15, -0.1) is 11.3 Å². The van der Waals surface area contributed by atoms with Crippen molar-refractivity contribution in [3.05, 3.63) is 60.0 Å².